The van der Waals surface area contributed by atoms with Gasteiger partial charge in [0.15, 0.2) is 0 Å². The minimum atomic E-state index is 0.636. The third-order valence-electron chi connectivity index (χ3n) is 2.88. The lowest BCUT2D eigenvalue weighted by molar-refractivity contribution is 1.11. The summed E-state index contributed by atoms with van der Waals surface area (Å²) < 4.78 is 0. The van der Waals surface area contributed by atoms with Gasteiger partial charge < -0.3 is 10.2 Å². The number of nitrogens with zero attached hydrogens (tertiary/aromatic N) is 1. The number of rotatable bonds is 4. The van der Waals surface area contributed by atoms with Gasteiger partial charge in [0, 0.05) is 26.3 Å². The van der Waals surface area contributed by atoms with E-state index in [0.717, 1.165) is 5.69 Å². The minimum absolute atomic E-state index is 0.636. The Morgan fingerprint density at radius 3 is 2.05 bits per heavy atom. The van der Waals surface area contributed by atoms with Gasteiger partial charge in [-0.15, -0.1) is 0 Å². The molecule has 0 aromatic heterocycles. The highest BCUT2D eigenvalue weighted by molar-refractivity contribution is 6.39. The van der Waals surface area contributed by atoms with Crippen molar-refractivity contribution >= 4 is 34.6 Å². The number of hydrogen-bond donors (Lipinski definition) is 1. The van der Waals surface area contributed by atoms with Crippen LogP contribution in [0.15, 0.2) is 42.5 Å². The first-order valence-electron chi connectivity index (χ1n) is 6.02. The molecule has 2 nitrogen and oxygen atoms in total. The summed E-state index contributed by atoms with van der Waals surface area (Å²) in [5, 5.41) is 4.54. The van der Waals surface area contributed by atoms with Gasteiger partial charge in [-0.05, 0) is 29.8 Å². The van der Waals surface area contributed by atoms with Crippen molar-refractivity contribution in [1.82, 2.24) is 0 Å². The Hall–Kier alpha value is -1.38. The molecule has 1 N–H and O–H groups in total. The number of hydrogen-bond acceptors (Lipinski definition) is 2. The summed E-state index contributed by atoms with van der Waals surface area (Å²) in [4.78, 5) is 2.07. The van der Waals surface area contributed by atoms with Crippen LogP contribution in [0.25, 0.3) is 0 Å². The van der Waals surface area contributed by atoms with Crippen LogP contribution in [-0.4, -0.2) is 14.1 Å². The average Bonchev–Trinajstić information content (AvgIpc) is 2.38. The fraction of sp³-hybridized carbons (Fsp3) is 0.200. The molecule has 0 spiro atoms. The first kappa shape index (κ1) is 14.0. The quantitative estimate of drug-likeness (QED) is 0.881. The van der Waals surface area contributed by atoms with Gasteiger partial charge in [0.1, 0.15) is 0 Å². The normalized spacial score (nSPS) is 10.3. The molecule has 0 aliphatic carbocycles. The molecule has 0 atom stereocenters. The predicted octanol–water partition coefficient (Wildman–Crippen LogP) is 4.67. The maximum absolute atomic E-state index is 6.11. The lowest BCUT2D eigenvalue weighted by atomic mass is 10.2. The van der Waals surface area contributed by atoms with Crippen molar-refractivity contribution < 1.29 is 0 Å². The van der Waals surface area contributed by atoms with Crippen LogP contribution >= 0.6 is 23.2 Å². The number of benzene rings is 2. The van der Waals surface area contributed by atoms with Crippen molar-refractivity contribution in [3.05, 3.63) is 58.1 Å². The average molecular weight is 295 g/mol. The number of nitrogens with one attached hydrogen (secondary N) is 1. The van der Waals surface area contributed by atoms with Crippen LogP contribution in [0.4, 0.5) is 11.4 Å². The van der Waals surface area contributed by atoms with E-state index in [-0.39, 0.29) is 0 Å². The van der Waals surface area contributed by atoms with Crippen molar-refractivity contribution in [3.8, 4) is 0 Å². The fourth-order valence-corrected chi connectivity index (χ4v) is 2.30. The van der Waals surface area contributed by atoms with Gasteiger partial charge >= 0.3 is 0 Å². The Balaban J connectivity index is 2.06. The predicted molar refractivity (Wildman–Crippen MR) is 84.6 cm³/mol. The molecule has 100 valence electrons. The molecule has 0 aliphatic heterocycles. The molecule has 0 saturated heterocycles. The molecule has 0 radical (unpaired) electrons. The molecule has 0 heterocycles. The summed E-state index contributed by atoms with van der Waals surface area (Å²) in [6, 6.07) is 13.8. The van der Waals surface area contributed by atoms with Gasteiger partial charge in [-0.25, -0.2) is 0 Å². The first-order valence-corrected chi connectivity index (χ1v) is 6.77. The van der Waals surface area contributed by atoms with Crippen LogP contribution in [0.3, 0.4) is 0 Å². The molecule has 0 saturated carbocycles. The van der Waals surface area contributed by atoms with Crippen LogP contribution < -0.4 is 10.2 Å². The highest BCUT2D eigenvalue weighted by atomic mass is 35.5. The maximum Gasteiger partial charge on any atom is 0.0721 e. The van der Waals surface area contributed by atoms with E-state index >= 15 is 0 Å². The zero-order valence-corrected chi connectivity index (χ0v) is 12.5. The molecular weight excluding hydrogens is 279 g/mol. The SMILES string of the molecule is CN(C)c1ccc(CNc2c(Cl)cccc2Cl)cc1. The van der Waals surface area contributed by atoms with Crippen molar-refractivity contribution in [2.24, 2.45) is 0 Å². The maximum atomic E-state index is 6.11. The summed E-state index contributed by atoms with van der Waals surface area (Å²) in [5.74, 6) is 0. The van der Waals surface area contributed by atoms with Crippen molar-refractivity contribution in [2.75, 3.05) is 24.3 Å². The Labute approximate surface area is 123 Å². The smallest absolute Gasteiger partial charge is 0.0721 e. The van der Waals surface area contributed by atoms with E-state index in [1.165, 1.54) is 11.3 Å². The Bertz CT molecular complexity index is 530. The standard InChI is InChI=1S/C15H16Cl2N2/c1-19(2)12-8-6-11(7-9-12)10-18-15-13(16)4-3-5-14(15)17/h3-9,18H,10H2,1-2H3. The van der Waals surface area contributed by atoms with Gasteiger partial charge in [-0.1, -0.05) is 41.4 Å². The second-order valence-electron chi connectivity index (χ2n) is 4.51. The van der Waals surface area contributed by atoms with E-state index < -0.39 is 0 Å². The molecule has 0 bridgehead atoms. The Morgan fingerprint density at radius 1 is 0.947 bits per heavy atom. The molecule has 0 amide bonds. The molecular formula is C15H16Cl2N2. The van der Waals surface area contributed by atoms with Crippen molar-refractivity contribution in [3.63, 3.8) is 0 Å². The van der Waals surface area contributed by atoms with Gasteiger partial charge in [-0.3, -0.25) is 0 Å². The van der Waals surface area contributed by atoms with Crippen LogP contribution in [0.1, 0.15) is 5.56 Å². The van der Waals surface area contributed by atoms with Crippen LogP contribution in [0.5, 0.6) is 0 Å². The number of para-hydroxylation sites is 1. The third-order valence-corrected chi connectivity index (χ3v) is 3.51. The molecule has 0 fully saturated rings. The molecule has 19 heavy (non-hydrogen) atoms. The van der Waals surface area contributed by atoms with Gasteiger partial charge in [0.25, 0.3) is 0 Å². The largest absolute Gasteiger partial charge is 0.379 e. The van der Waals surface area contributed by atoms with Crippen molar-refractivity contribution in [2.45, 2.75) is 6.54 Å². The third kappa shape index (κ3) is 3.55. The summed E-state index contributed by atoms with van der Waals surface area (Å²) in [5.41, 5.74) is 3.14. The molecule has 4 heteroatoms. The minimum Gasteiger partial charge on any atom is -0.379 e. The molecule has 2 aromatic rings. The summed E-state index contributed by atoms with van der Waals surface area (Å²) in [6.45, 7) is 0.692. The summed E-state index contributed by atoms with van der Waals surface area (Å²) >= 11 is 12.2. The Morgan fingerprint density at radius 2 is 1.53 bits per heavy atom. The van der Waals surface area contributed by atoms with E-state index in [4.69, 9.17) is 23.2 Å². The Kier molecular flexibility index (Phi) is 4.56. The lowest BCUT2D eigenvalue weighted by Gasteiger charge is -2.14. The van der Waals surface area contributed by atoms with E-state index in [1.807, 2.05) is 32.3 Å². The monoisotopic (exact) mass is 294 g/mol. The van der Waals surface area contributed by atoms with Crippen LogP contribution in [-0.2, 0) is 6.54 Å². The summed E-state index contributed by atoms with van der Waals surface area (Å²) in [7, 11) is 4.05. The second-order valence-corrected chi connectivity index (χ2v) is 5.33. The van der Waals surface area contributed by atoms with E-state index in [9.17, 15) is 0 Å². The number of halogens is 2. The first-order chi connectivity index (χ1) is 9.08. The lowest BCUT2D eigenvalue weighted by Crippen LogP contribution is -2.08. The highest BCUT2D eigenvalue weighted by Crippen LogP contribution is 2.30. The van der Waals surface area contributed by atoms with Crippen LogP contribution in [0.2, 0.25) is 10.0 Å². The van der Waals surface area contributed by atoms with Gasteiger partial charge in [-0.2, -0.15) is 0 Å². The molecule has 0 unspecified atom stereocenters. The van der Waals surface area contributed by atoms with E-state index in [1.54, 1.807) is 0 Å². The van der Waals surface area contributed by atoms with Gasteiger partial charge in [0.2, 0.25) is 0 Å². The molecule has 2 aromatic carbocycles. The number of anilines is 2. The van der Waals surface area contributed by atoms with Gasteiger partial charge in [0.05, 0.1) is 15.7 Å². The second kappa shape index (κ2) is 6.18. The molecule has 0 aliphatic rings. The van der Waals surface area contributed by atoms with Crippen molar-refractivity contribution in [1.29, 1.82) is 0 Å². The fourth-order valence-electron chi connectivity index (χ4n) is 1.77. The topological polar surface area (TPSA) is 15.3 Å². The molecule has 2 rings (SSSR count). The van der Waals surface area contributed by atoms with Crippen LogP contribution in [0, 0.1) is 0 Å². The van der Waals surface area contributed by atoms with E-state index in [0.29, 0.717) is 16.6 Å². The highest BCUT2D eigenvalue weighted by Gasteiger charge is 2.04. The van der Waals surface area contributed by atoms with E-state index in [2.05, 4.69) is 34.5 Å². The summed E-state index contributed by atoms with van der Waals surface area (Å²) in [6.07, 6.45) is 0. The zero-order chi connectivity index (χ0) is 13.8. The zero-order valence-electron chi connectivity index (χ0n) is 11.0.